The molecular weight excluding hydrogens is 254 g/mol. The molecule has 0 amide bonds. The molecular formula is C15H21N3O2. The SMILES string of the molecule is O=[N+]([O-])c1ccc(CNCC2CCN(C3CC3)C2)cc1. The van der Waals surface area contributed by atoms with Crippen molar-refractivity contribution in [2.45, 2.75) is 31.8 Å². The van der Waals surface area contributed by atoms with Crippen LogP contribution in [0, 0.1) is 16.0 Å². The van der Waals surface area contributed by atoms with Crippen molar-refractivity contribution in [3.8, 4) is 0 Å². The summed E-state index contributed by atoms with van der Waals surface area (Å²) in [6, 6.07) is 7.68. The Kier molecular flexibility index (Phi) is 3.98. The molecule has 1 aliphatic carbocycles. The second-order valence-electron chi connectivity index (χ2n) is 5.94. The molecule has 1 unspecified atom stereocenters. The first kappa shape index (κ1) is 13.5. The van der Waals surface area contributed by atoms with Crippen LogP contribution in [0.3, 0.4) is 0 Å². The smallest absolute Gasteiger partial charge is 0.269 e. The molecule has 1 aromatic rings. The first-order chi connectivity index (χ1) is 9.72. The molecule has 0 bridgehead atoms. The predicted molar refractivity (Wildman–Crippen MR) is 77.5 cm³/mol. The summed E-state index contributed by atoms with van der Waals surface area (Å²) in [6.45, 7) is 4.32. The maximum absolute atomic E-state index is 10.6. The number of non-ortho nitro benzene ring substituents is 1. The Morgan fingerprint density at radius 3 is 2.65 bits per heavy atom. The van der Waals surface area contributed by atoms with Gasteiger partial charge in [-0.3, -0.25) is 10.1 Å². The van der Waals surface area contributed by atoms with Crippen molar-refractivity contribution in [3.05, 3.63) is 39.9 Å². The molecule has 108 valence electrons. The highest BCUT2D eigenvalue weighted by molar-refractivity contribution is 5.32. The van der Waals surface area contributed by atoms with Gasteiger partial charge in [-0.05, 0) is 43.8 Å². The van der Waals surface area contributed by atoms with Gasteiger partial charge < -0.3 is 10.2 Å². The van der Waals surface area contributed by atoms with Gasteiger partial charge in [0.05, 0.1) is 4.92 Å². The summed E-state index contributed by atoms with van der Waals surface area (Å²) >= 11 is 0. The Morgan fingerprint density at radius 1 is 1.25 bits per heavy atom. The highest BCUT2D eigenvalue weighted by Gasteiger charge is 2.33. The van der Waals surface area contributed by atoms with Crippen LogP contribution < -0.4 is 5.32 Å². The van der Waals surface area contributed by atoms with E-state index in [2.05, 4.69) is 10.2 Å². The number of nitrogens with zero attached hydrogens (tertiary/aromatic N) is 2. The van der Waals surface area contributed by atoms with Crippen molar-refractivity contribution in [1.82, 2.24) is 10.2 Å². The van der Waals surface area contributed by atoms with E-state index in [-0.39, 0.29) is 10.6 Å². The van der Waals surface area contributed by atoms with Gasteiger partial charge in [-0.1, -0.05) is 12.1 Å². The Morgan fingerprint density at radius 2 is 2.00 bits per heavy atom. The summed E-state index contributed by atoms with van der Waals surface area (Å²) in [5.74, 6) is 0.758. The van der Waals surface area contributed by atoms with Crippen LogP contribution in [0.2, 0.25) is 0 Å². The summed E-state index contributed by atoms with van der Waals surface area (Å²) in [5.41, 5.74) is 1.26. The molecule has 1 heterocycles. The molecule has 0 aromatic heterocycles. The highest BCUT2D eigenvalue weighted by Crippen LogP contribution is 2.31. The number of hydrogen-bond acceptors (Lipinski definition) is 4. The lowest BCUT2D eigenvalue weighted by Gasteiger charge is -2.15. The van der Waals surface area contributed by atoms with Crippen LogP contribution in [-0.2, 0) is 6.54 Å². The third kappa shape index (κ3) is 3.35. The molecule has 0 radical (unpaired) electrons. The van der Waals surface area contributed by atoms with E-state index in [1.807, 2.05) is 12.1 Å². The number of nitro benzene ring substituents is 1. The Hall–Kier alpha value is -1.46. The normalized spacial score (nSPS) is 23.1. The summed E-state index contributed by atoms with van der Waals surface area (Å²) in [5, 5.41) is 14.1. The van der Waals surface area contributed by atoms with Gasteiger partial charge >= 0.3 is 0 Å². The molecule has 1 saturated heterocycles. The van der Waals surface area contributed by atoms with Gasteiger partial charge in [0, 0.05) is 31.3 Å². The van der Waals surface area contributed by atoms with Crippen molar-refractivity contribution in [1.29, 1.82) is 0 Å². The zero-order valence-corrected chi connectivity index (χ0v) is 11.6. The molecule has 1 aromatic carbocycles. The van der Waals surface area contributed by atoms with E-state index in [0.717, 1.165) is 30.6 Å². The van der Waals surface area contributed by atoms with Gasteiger partial charge in [-0.15, -0.1) is 0 Å². The van der Waals surface area contributed by atoms with E-state index in [9.17, 15) is 10.1 Å². The minimum atomic E-state index is -0.359. The van der Waals surface area contributed by atoms with Crippen LogP contribution in [0.4, 0.5) is 5.69 Å². The van der Waals surface area contributed by atoms with E-state index in [4.69, 9.17) is 0 Å². The highest BCUT2D eigenvalue weighted by atomic mass is 16.6. The number of hydrogen-bond donors (Lipinski definition) is 1. The lowest BCUT2D eigenvalue weighted by atomic mass is 10.1. The number of nitrogens with one attached hydrogen (secondary N) is 1. The first-order valence-corrected chi connectivity index (χ1v) is 7.40. The van der Waals surface area contributed by atoms with E-state index in [1.54, 1.807) is 12.1 Å². The number of likely N-dealkylation sites (tertiary alicyclic amines) is 1. The van der Waals surface area contributed by atoms with Crippen molar-refractivity contribution in [2.24, 2.45) is 5.92 Å². The largest absolute Gasteiger partial charge is 0.312 e. The lowest BCUT2D eigenvalue weighted by Crippen LogP contribution is -2.27. The van der Waals surface area contributed by atoms with Crippen LogP contribution in [-0.4, -0.2) is 35.5 Å². The number of rotatable bonds is 6. The topological polar surface area (TPSA) is 58.4 Å². The molecule has 5 nitrogen and oxygen atoms in total. The van der Waals surface area contributed by atoms with E-state index >= 15 is 0 Å². The lowest BCUT2D eigenvalue weighted by molar-refractivity contribution is -0.384. The molecule has 5 heteroatoms. The van der Waals surface area contributed by atoms with Gasteiger partial charge in [0.2, 0.25) is 0 Å². The Balaban J connectivity index is 1.40. The summed E-state index contributed by atoms with van der Waals surface area (Å²) in [6.07, 6.45) is 4.08. The van der Waals surface area contributed by atoms with E-state index in [0.29, 0.717) is 0 Å². The van der Waals surface area contributed by atoms with Crippen molar-refractivity contribution < 1.29 is 4.92 Å². The van der Waals surface area contributed by atoms with Crippen LogP contribution >= 0.6 is 0 Å². The molecule has 20 heavy (non-hydrogen) atoms. The molecule has 3 rings (SSSR count). The van der Waals surface area contributed by atoms with Gasteiger partial charge in [-0.25, -0.2) is 0 Å². The molecule has 1 atom stereocenters. The van der Waals surface area contributed by atoms with Crippen molar-refractivity contribution in [3.63, 3.8) is 0 Å². The van der Waals surface area contributed by atoms with Gasteiger partial charge in [0.15, 0.2) is 0 Å². The third-order valence-corrected chi connectivity index (χ3v) is 4.29. The zero-order chi connectivity index (χ0) is 13.9. The van der Waals surface area contributed by atoms with Crippen LogP contribution in [0.5, 0.6) is 0 Å². The second-order valence-corrected chi connectivity index (χ2v) is 5.94. The molecule has 2 fully saturated rings. The monoisotopic (exact) mass is 275 g/mol. The first-order valence-electron chi connectivity index (χ1n) is 7.40. The average Bonchev–Trinajstić information content (AvgIpc) is 3.20. The molecule has 1 saturated carbocycles. The van der Waals surface area contributed by atoms with Crippen molar-refractivity contribution in [2.75, 3.05) is 19.6 Å². The average molecular weight is 275 g/mol. The van der Waals surface area contributed by atoms with Crippen LogP contribution in [0.25, 0.3) is 0 Å². The van der Waals surface area contributed by atoms with Crippen LogP contribution in [0.15, 0.2) is 24.3 Å². The fourth-order valence-electron chi connectivity index (χ4n) is 2.96. The van der Waals surface area contributed by atoms with E-state index in [1.165, 1.54) is 32.4 Å². The maximum atomic E-state index is 10.6. The standard InChI is InChI=1S/C15H21N3O2/c19-18(20)15-3-1-12(2-4-15)9-16-10-13-7-8-17(11-13)14-5-6-14/h1-4,13-14,16H,5-11H2. The summed E-state index contributed by atoms with van der Waals surface area (Å²) in [4.78, 5) is 12.8. The zero-order valence-electron chi connectivity index (χ0n) is 11.6. The maximum Gasteiger partial charge on any atom is 0.269 e. The quantitative estimate of drug-likeness (QED) is 0.638. The van der Waals surface area contributed by atoms with Gasteiger partial charge in [0.25, 0.3) is 5.69 Å². The predicted octanol–water partition coefficient (Wildman–Crippen LogP) is 2.17. The minimum Gasteiger partial charge on any atom is -0.312 e. The van der Waals surface area contributed by atoms with Crippen LogP contribution in [0.1, 0.15) is 24.8 Å². The Labute approximate surface area is 119 Å². The number of benzene rings is 1. The van der Waals surface area contributed by atoms with Gasteiger partial charge in [0.1, 0.15) is 0 Å². The second kappa shape index (κ2) is 5.89. The van der Waals surface area contributed by atoms with E-state index < -0.39 is 0 Å². The number of nitro groups is 1. The summed E-state index contributed by atoms with van der Waals surface area (Å²) in [7, 11) is 0. The molecule has 2 aliphatic rings. The fraction of sp³-hybridized carbons (Fsp3) is 0.600. The Bertz CT molecular complexity index is 471. The molecule has 1 aliphatic heterocycles. The molecule has 1 N–H and O–H groups in total. The van der Waals surface area contributed by atoms with Crippen molar-refractivity contribution >= 4 is 5.69 Å². The minimum absolute atomic E-state index is 0.157. The summed E-state index contributed by atoms with van der Waals surface area (Å²) < 4.78 is 0. The molecule has 0 spiro atoms. The third-order valence-electron chi connectivity index (χ3n) is 4.29. The fourth-order valence-corrected chi connectivity index (χ4v) is 2.96. The van der Waals surface area contributed by atoms with Gasteiger partial charge in [-0.2, -0.15) is 0 Å².